The summed E-state index contributed by atoms with van der Waals surface area (Å²) in [5.74, 6) is 0.184. The summed E-state index contributed by atoms with van der Waals surface area (Å²) in [6.07, 6.45) is 5.54. The molecule has 0 unspecified atom stereocenters. The van der Waals surface area contributed by atoms with Crippen LogP contribution in [0.2, 0.25) is 0 Å². The zero-order valence-electron chi connectivity index (χ0n) is 11.2. The van der Waals surface area contributed by atoms with Gasteiger partial charge in [-0.05, 0) is 31.0 Å². The zero-order valence-corrected chi connectivity index (χ0v) is 12.0. The molecule has 0 amide bonds. The van der Waals surface area contributed by atoms with Crippen LogP contribution in [0, 0.1) is 6.92 Å². The van der Waals surface area contributed by atoms with Gasteiger partial charge in [0.05, 0.1) is 6.20 Å². The lowest BCUT2D eigenvalue weighted by Crippen LogP contribution is -2.28. The summed E-state index contributed by atoms with van der Waals surface area (Å²) in [5, 5.41) is 6.98. The average Bonchev–Trinajstić information content (AvgIpc) is 3.08. The van der Waals surface area contributed by atoms with Crippen molar-refractivity contribution in [2.24, 2.45) is 0 Å². The lowest BCUT2D eigenvalue weighted by Gasteiger charge is -2.16. The number of H-pyrrole nitrogens is 1. The number of aromatic amines is 1. The van der Waals surface area contributed by atoms with Gasteiger partial charge in [-0.25, -0.2) is 8.42 Å². The molecule has 1 aliphatic rings. The van der Waals surface area contributed by atoms with Gasteiger partial charge < -0.3 is 0 Å². The summed E-state index contributed by atoms with van der Waals surface area (Å²) >= 11 is 0. The highest BCUT2D eigenvalue weighted by atomic mass is 32.2. The van der Waals surface area contributed by atoms with Gasteiger partial charge in [0, 0.05) is 37.1 Å². The first-order valence-corrected chi connectivity index (χ1v) is 7.93. The first kappa shape index (κ1) is 13.3. The van der Waals surface area contributed by atoms with E-state index in [4.69, 9.17) is 0 Å². The van der Waals surface area contributed by atoms with Crippen molar-refractivity contribution in [2.75, 3.05) is 13.1 Å². The number of hydrogen-bond acceptors (Lipinski definition) is 4. The summed E-state index contributed by atoms with van der Waals surface area (Å²) < 4.78 is 26.5. The standard InChI is InChI=1S/C13H16N4O2S/c1-10-7-15-16-13(10)11-4-6-17(9-11)20(18,19)12-3-2-5-14-8-12/h2-3,5,7-8,11H,4,6,9H2,1H3,(H,15,16)/t11-/m0/s1. The van der Waals surface area contributed by atoms with Gasteiger partial charge in [0.2, 0.25) is 10.0 Å². The molecule has 1 saturated heterocycles. The third-order valence-corrected chi connectivity index (χ3v) is 5.55. The molecule has 0 saturated carbocycles. The lowest BCUT2D eigenvalue weighted by atomic mass is 10.0. The molecule has 106 valence electrons. The molecule has 1 aliphatic heterocycles. The SMILES string of the molecule is Cc1cn[nH]c1[C@H]1CCN(S(=O)(=O)c2cccnc2)C1. The number of sulfonamides is 1. The van der Waals surface area contributed by atoms with Crippen molar-refractivity contribution in [3.63, 3.8) is 0 Å². The van der Waals surface area contributed by atoms with E-state index >= 15 is 0 Å². The Morgan fingerprint density at radius 2 is 2.25 bits per heavy atom. The van der Waals surface area contributed by atoms with Crippen molar-refractivity contribution in [1.29, 1.82) is 0 Å². The highest BCUT2D eigenvalue weighted by Crippen LogP contribution is 2.31. The highest BCUT2D eigenvalue weighted by Gasteiger charge is 2.34. The fourth-order valence-electron chi connectivity index (χ4n) is 2.60. The topological polar surface area (TPSA) is 79.0 Å². The van der Waals surface area contributed by atoms with Crippen LogP contribution >= 0.6 is 0 Å². The predicted octanol–water partition coefficient (Wildman–Crippen LogP) is 1.29. The largest absolute Gasteiger partial charge is 0.282 e. The summed E-state index contributed by atoms with van der Waals surface area (Å²) in [7, 11) is -3.44. The number of nitrogens with one attached hydrogen (secondary N) is 1. The Kier molecular flexibility index (Phi) is 3.31. The number of pyridine rings is 1. The Balaban J connectivity index is 1.83. The third kappa shape index (κ3) is 2.23. The molecule has 0 bridgehead atoms. The molecule has 1 N–H and O–H groups in total. The van der Waals surface area contributed by atoms with Crippen LogP contribution in [0.5, 0.6) is 0 Å². The van der Waals surface area contributed by atoms with Crippen LogP contribution in [0.15, 0.2) is 35.6 Å². The van der Waals surface area contributed by atoms with Crippen molar-refractivity contribution < 1.29 is 8.42 Å². The molecular weight excluding hydrogens is 276 g/mol. The van der Waals surface area contributed by atoms with Gasteiger partial charge in [0.15, 0.2) is 0 Å². The summed E-state index contributed by atoms with van der Waals surface area (Å²) in [6.45, 7) is 3.00. The fraction of sp³-hybridized carbons (Fsp3) is 0.385. The number of rotatable bonds is 3. The molecule has 0 aliphatic carbocycles. The van der Waals surface area contributed by atoms with E-state index in [0.29, 0.717) is 13.1 Å². The van der Waals surface area contributed by atoms with Crippen LogP contribution < -0.4 is 0 Å². The number of nitrogens with zero attached hydrogens (tertiary/aromatic N) is 3. The summed E-state index contributed by atoms with van der Waals surface area (Å²) in [4.78, 5) is 4.14. The monoisotopic (exact) mass is 292 g/mol. The molecule has 2 aromatic heterocycles. The Labute approximate surface area is 117 Å². The van der Waals surface area contributed by atoms with E-state index in [9.17, 15) is 8.42 Å². The minimum Gasteiger partial charge on any atom is -0.282 e. The molecule has 0 spiro atoms. The first-order valence-electron chi connectivity index (χ1n) is 6.49. The van der Waals surface area contributed by atoms with Crippen LogP contribution in [0.25, 0.3) is 0 Å². The van der Waals surface area contributed by atoms with Gasteiger partial charge in [0.1, 0.15) is 4.90 Å². The predicted molar refractivity (Wildman–Crippen MR) is 73.7 cm³/mol. The van der Waals surface area contributed by atoms with Crippen LogP contribution in [0.4, 0.5) is 0 Å². The summed E-state index contributed by atoms with van der Waals surface area (Å²) in [5.41, 5.74) is 2.12. The van der Waals surface area contributed by atoms with Crippen LogP contribution in [0.1, 0.15) is 23.6 Å². The van der Waals surface area contributed by atoms with E-state index in [1.54, 1.807) is 24.5 Å². The number of aromatic nitrogens is 3. The zero-order chi connectivity index (χ0) is 14.2. The Morgan fingerprint density at radius 1 is 1.40 bits per heavy atom. The van der Waals surface area contributed by atoms with Gasteiger partial charge in [-0.2, -0.15) is 9.40 Å². The smallest absolute Gasteiger partial charge is 0.244 e. The normalized spacial score (nSPS) is 20.4. The van der Waals surface area contributed by atoms with Crippen LogP contribution in [-0.4, -0.2) is 41.0 Å². The molecule has 0 radical (unpaired) electrons. The Hall–Kier alpha value is -1.73. The molecule has 1 fully saturated rings. The van der Waals surface area contributed by atoms with E-state index in [-0.39, 0.29) is 10.8 Å². The van der Waals surface area contributed by atoms with Gasteiger partial charge in [0.25, 0.3) is 0 Å². The quantitative estimate of drug-likeness (QED) is 0.924. The second kappa shape index (κ2) is 4.99. The molecule has 3 heterocycles. The maximum absolute atomic E-state index is 12.5. The van der Waals surface area contributed by atoms with E-state index in [1.165, 1.54) is 10.5 Å². The maximum atomic E-state index is 12.5. The van der Waals surface area contributed by atoms with Gasteiger partial charge in [-0.15, -0.1) is 0 Å². The minimum atomic E-state index is -3.44. The molecular formula is C13H16N4O2S. The number of hydrogen-bond donors (Lipinski definition) is 1. The van der Waals surface area contributed by atoms with Crippen LogP contribution in [-0.2, 0) is 10.0 Å². The summed E-state index contributed by atoms with van der Waals surface area (Å²) in [6, 6.07) is 3.22. The van der Waals surface area contributed by atoms with Gasteiger partial charge in [-0.1, -0.05) is 0 Å². The van der Waals surface area contributed by atoms with Crippen molar-refractivity contribution >= 4 is 10.0 Å². The van der Waals surface area contributed by atoms with Crippen LogP contribution in [0.3, 0.4) is 0 Å². The van der Waals surface area contributed by atoms with E-state index < -0.39 is 10.0 Å². The molecule has 1 atom stereocenters. The minimum absolute atomic E-state index is 0.184. The van der Waals surface area contributed by atoms with Crippen molar-refractivity contribution in [3.8, 4) is 0 Å². The highest BCUT2D eigenvalue weighted by molar-refractivity contribution is 7.89. The Morgan fingerprint density at radius 3 is 2.90 bits per heavy atom. The molecule has 3 rings (SSSR count). The average molecular weight is 292 g/mol. The van der Waals surface area contributed by atoms with Crippen molar-refractivity contribution in [1.82, 2.24) is 19.5 Å². The van der Waals surface area contributed by atoms with E-state index in [0.717, 1.165) is 17.7 Å². The van der Waals surface area contributed by atoms with Gasteiger partial charge in [-0.3, -0.25) is 10.1 Å². The second-order valence-electron chi connectivity index (χ2n) is 5.00. The van der Waals surface area contributed by atoms with Crippen molar-refractivity contribution in [2.45, 2.75) is 24.2 Å². The lowest BCUT2D eigenvalue weighted by molar-refractivity contribution is 0.471. The molecule has 0 aromatic carbocycles. The van der Waals surface area contributed by atoms with E-state index in [2.05, 4.69) is 15.2 Å². The maximum Gasteiger partial charge on any atom is 0.244 e. The molecule has 20 heavy (non-hydrogen) atoms. The number of aryl methyl sites for hydroxylation is 1. The Bertz CT molecular complexity index is 696. The molecule has 2 aromatic rings. The first-order chi connectivity index (χ1) is 9.59. The molecule has 7 heteroatoms. The third-order valence-electron chi connectivity index (χ3n) is 3.70. The molecule has 6 nitrogen and oxygen atoms in total. The van der Waals surface area contributed by atoms with E-state index in [1.807, 2.05) is 6.92 Å². The van der Waals surface area contributed by atoms with Crippen molar-refractivity contribution in [3.05, 3.63) is 42.0 Å². The fourth-order valence-corrected chi connectivity index (χ4v) is 4.07. The second-order valence-corrected chi connectivity index (χ2v) is 6.94. The van der Waals surface area contributed by atoms with Gasteiger partial charge >= 0.3 is 0 Å².